The maximum atomic E-state index is 11.0. The molecular formula is C16H23NO3. The van der Waals surface area contributed by atoms with E-state index >= 15 is 0 Å². The van der Waals surface area contributed by atoms with Gasteiger partial charge in [-0.25, -0.2) is 4.79 Å². The Hall–Kier alpha value is -1.39. The van der Waals surface area contributed by atoms with Crippen molar-refractivity contribution in [1.29, 1.82) is 0 Å². The van der Waals surface area contributed by atoms with Crippen LogP contribution in [0.15, 0.2) is 24.3 Å². The number of nitrogens with zero attached hydrogens (tertiary/aromatic N) is 1. The van der Waals surface area contributed by atoms with Crippen LogP contribution in [-0.2, 0) is 11.3 Å². The number of ether oxygens (including phenoxy) is 1. The zero-order valence-electron chi connectivity index (χ0n) is 12.2. The largest absolute Gasteiger partial charge is 0.478 e. The molecule has 0 aromatic heterocycles. The van der Waals surface area contributed by atoms with Crippen LogP contribution in [0.25, 0.3) is 0 Å². The van der Waals surface area contributed by atoms with E-state index in [0.29, 0.717) is 18.2 Å². The van der Waals surface area contributed by atoms with Gasteiger partial charge in [0.15, 0.2) is 0 Å². The van der Waals surface area contributed by atoms with Gasteiger partial charge in [-0.2, -0.15) is 0 Å². The van der Waals surface area contributed by atoms with Crippen molar-refractivity contribution < 1.29 is 14.6 Å². The molecule has 1 atom stereocenters. The Labute approximate surface area is 120 Å². The molecule has 1 aliphatic rings. The van der Waals surface area contributed by atoms with E-state index in [2.05, 4.69) is 11.8 Å². The molecule has 1 N–H and O–H groups in total. The average molecular weight is 277 g/mol. The second kappa shape index (κ2) is 6.86. The third kappa shape index (κ3) is 4.05. The summed E-state index contributed by atoms with van der Waals surface area (Å²) in [6.45, 7) is 4.62. The fraction of sp³-hybridized carbons (Fsp3) is 0.562. The summed E-state index contributed by atoms with van der Waals surface area (Å²) in [4.78, 5) is 13.4. The molecule has 0 spiro atoms. The van der Waals surface area contributed by atoms with E-state index in [9.17, 15) is 4.79 Å². The molecule has 0 radical (unpaired) electrons. The minimum Gasteiger partial charge on any atom is -0.478 e. The minimum atomic E-state index is -0.870. The Morgan fingerprint density at radius 1 is 1.50 bits per heavy atom. The summed E-state index contributed by atoms with van der Waals surface area (Å²) in [5, 5.41) is 9.06. The number of hydrogen-bond donors (Lipinski definition) is 1. The van der Waals surface area contributed by atoms with E-state index in [0.717, 1.165) is 24.6 Å². The van der Waals surface area contributed by atoms with Crippen molar-refractivity contribution in [2.75, 3.05) is 20.3 Å². The summed E-state index contributed by atoms with van der Waals surface area (Å²) in [6.07, 6.45) is 2.61. The van der Waals surface area contributed by atoms with Crippen LogP contribution in [0, 0.1) is 5.92 Å². The maximum absolute atomic E-state index is 11.0. The second-order valence-electron chi connectivity index (χ2n) is 5.55. The number of carboxylic acid groups (broad SMARTS) is 1. The topological polar surface area (TPSA) is 49.8 Å². The third-order valence-electron chi connectivity index (χ3n) is 4.02. The maximum Gasteiger partial charge on any atom is 0.335 e. The van der Waals surface area contributed by atoms with Crippen molar-refractivity contribution in [3.8, 4) is 0 Å². The molecule has 1 unspecified atom stereocenters. The van der Waals surface area contributed by atoms with Gasteiger partial charge < -0.3 is 9.84 Å². The SMILES string of the molecule is COCCN(Cc1cccc(C(=O)O)c1)C(C)C1CC1. The van der Waals surface area contributed by atoms with Gasteiger partial charge >= 0.3 is 5.97 Å². The van der Waals surface area contributed by atoms with E-state index in [1.165, 1.54) is 12.8 Å². The molecule has 1 aliphatic carbocycles. The zero-order valence-corrected chi connectivity index (χ0v) is 12.2. The normalized spacial score (nSPS) is 16.4. The van der Waals surface area contributed by atoms with E-state index < -0.39 is 5.97 Å². The van der Waals surface area contributed by atoms with Crippen LogP contribution in [0.3, 0.4) is 0 Å². The Morgan fingerprint density at radius 3 is 2.85 bits per heavy atom. The van der Waals surface area contributed by atoms with Crippen molar-refractivity contribution in [2.24, 2.45) is 5.92 Å². The number of methoxy groups -OCH3 is 1. The van der Waals surface area contributed by atoms with Crippen molar-refractivity contribution in [3.05, 3.63) is 35.4 Å². The predicted octanol–water partition coefficient (Wildman–Crippen LogP) is 2.63. The number of rotatable bonds is 8. The molecule has 0 aliphatic heterocycles. The van der Waals surface area contributed by atoms with Crippen molar-refractivity contribution >= 4 is 5.97 Å². The molecule has 20 heavy (non-hydrogen) atoms. The van der Waals surface area contributed by atoms with Gasteiger partial charge in [-0.1, -0.05) is 12.1 Å². The molecule has 1 aromatic carbocycles. The van der Waals surface area contributed by atoms with Gasteiger partial charge in [0.05, 0.1) is 12.2 Å². The number of carboxylic acids is 1. The highest BCUT2D eigenvalue weighted by molar-refractivity contribution is 5.87. The third-order valence-corrected chi connectivity index (χ3v) is 4.02. The van der Waals surface area contributed by atoms with Crippen LogP contribution in [0.2, 0.25) is 0 Å². The van der Waals surface area contributed by atoms with E-state index in [1.54, 1.807) is 19.2 Å². The van der Waals surface area contributed by atoms with Gasteiger partial charge in [0, 0.05) is 26.2 Å². The first-order valence-corrected chi connectivity index (χ1v) is 7.17. The molecule has 0 bridgehead atoms. The quantitative estimate of drug-likeness (QED) is 0.793. The second-order valence-corrected chi connectivity index (χ2v) is 5.55. The summed E-state index contributed by atoms with van der Waals surface area (Å²) in [6, 6.07) is 7.73. The minimum absolute atomic E-state index is 0.355. The van der Waals surface area contributed by atoms with Crippen LogP contribution in [0.1, 0.15) is 35.7 Å². The van der Waals surface area contributed by atoms with Gasteiger partial charge in [-0.15, -0.1) is 0 Å². The number of aromatic carboxylic acids is 1. The predicted molar refractivity (Wildman–Crippen MR) is 77.9 cm³/mol. The summed E-state index contributed by atoms with van der Waals surface area (Å²) < 4.78 is 5.19. The first kappa shape index (κ1) is 15.0. The number of benzene rings is 1. The monoisotopic (exact) mass is 277 g/mol. The lowest BCUT2D eigenvalue weighted by atomic mass is 10.1. The Bertz CT molecular complexity index is 457. The molecule has 4 heteroatoms. The summed E-state index contributed by atoms with van der Waals surface area (Å²) in [5.41, 5.74) is 1.40. The van der Waals surface area contributed by atoms with Crippen molar-refractivity contribution in [2.45, 2.75) is 32.4 Å². The standard InChI is InChI=1S/C16H23NO3/c1-12(14-6-7-14)17(8-9-20-2)11-13-4-3-5-15(10-13)16(18)19/h3-5,10,12,14H,6-9,11H2,1-2H3,(H,18,19). The molecule has 0 saturated heterocycles. The highest BCUT2D eigenvalue weighted by atomic mass is 16.5. The zero-order chi connectivity index (χ0) is 14.5. The molecule has 110 valence electrons. The first-order chi connectivity index (χ1) is 9.61. The molecular weight excluding hydrogens is 254 g/mol. The van der Waals surface area contributed by atoms with Crippen LogP contribution < -0.4 is 0 Å². The van der Waals surface area contributed by atoms with Crippen LogP contribution in [0.5, 0.6) is 0 Å². The van der Waals surface area contributed by atoms with Gasteiger partial charge in [0.2, 0.25) is 0 Å². The van der Waals surface area contributed by atoms with E-state index in [-0.39, 0.29) is 0 Å². The summed E-state index contributed by atoms with van der Waals surface area (Å²) in [5.74, 6) is -0.0833. The Kier molecular flexibility index (Phi) is 5.15. The van der Waals surface area contributed by atoms with Crippen LogP contribution in [-0.4, -0.2) is 42.3 Å². The molecule has 0 amide bonds. The van der Waals surface area contributed by atoms with Crippen molar-refractivity contribution in [1.82, 2.24) is 4.90 Å². The smallest absolute Gasteiger partial charge is 0.335 e. The lowest BCUT2D eigenvalue weighted by Crippen LogP contribution is -2.36. The van der Waals surface area contributed by atoms with Gasteiger partial charge in [0.25, 0.3) is 0 Å². The van der Waals surface area contributed by atoms with Gasteiger partial charge in [-0.05, 0) is 43.4 Å². The summed E-state index contributed by atoms with van der Waals surface area (Å²) >= 11 is 0. The first-order valence-electron chi connectivity index (χ1n) is 7.17. The molecule has 1 saturated carbocycles. The van der Waals surface area contributed by atoms with Crippen LogP contribution in [0.4, 0.5) is 0 Å². The van der Waals surface area contributed by atoms with Gasteiger partial charge in [-0.3, -0.25) is 4.90 Å². The lowest BCUT2D eigenvalue weighted by molar-refractivity contribution is 0.0696. The number of carbonyl (C=O) groups is 1. The van der Waals surface area contributed by atoms with Crippen molar-refractivity contribution in [3.63, 3.8) is 0 Å². The Morgan fingerprint density at radius 2 is 2.25 bits per heavy atom. The summed E-state index contributed by atoms with van der Waals surface area (Å²) in [7, 11) is 1.71. The van der Waals surface area contributed by atoms with Crippen LogP contribution >= 0.6 is 0 Å². The fourth-order valence-electron chi connectivity index (χ4n) is 2.55. The number of hydrogen-bond acceptors (Lipinski definition) is 3. The molecule has 2 rings (SSSR count). The molecule has 1 aromatic rings. The lowest BCUT2D eigenvalue weighted by Gasteiger charge is -2.29. The highest BCUT2D eigenvalue weighted by Crippen LogP contribution is 2.35. The van der Waals surface area contributed by atoms with E-state index in [1.807, 2.05) is 12.1 Å². The average Bonchev–Trinajstić information content (AvgIpc) is 3.27. The highest BCUT2D eigenvalue weighted by Gasteiger charge is 2.31. The Balaban J connectivity index is 2.05. The molecule has 0 heterocycles. The fourth-order valence-corrected chi connectivity index (χ4v) is 2.55. The molecule has 4 nitrogen and oxygen atoms in total. The van der Waals surface area contributed by atoms with E-state index in [4.69, 9.17) is 9.84 Å². The van der Waals surface area contributed by atoms with Gasteiger partial charge in [0.1, 0.15) is 0 Å². The molecule has 1 fully saturated rings.